The highest BCUT2D eigenvalue weighted by Gasteiger charge is 2.31. The van der Waals surface area contributed by atoms with Gasteiger partial charge in [0.1, 0.15) is 12.6 Å². The Morgan fingerprint density at radius 3 is 2.61 bits per heavy atom. The summed E-state index contributed by atoms with van der Waals surface area (Å²) >= 11 is 0. The van der Waals surface area contributed by atoms with Gasteiger partial charge in [-0.15, -0.1) is 0 Å². The Morgan fingerprint density at radius 1 is 1.05 bits per heavy atom. The van der Waals surface area contributed by atoms with Crippen molar-refractivity contribution in [1.82, 2.24) is 5.32 Å². The second-order valence-corrected chi connectivity index (χ2v) is 9.59. The quantitative estimate of drug-likeness (QED) is 0.298. The maximum atomic E-state index is 11.8. The van der Waals surface area contributed by atoms with Crippen molar-refractivity contribution in [2.75, 3.05) is 0 Å². The zero-order valence-electron chi connectivity index (χ0n) is 21.0. The van der Waals surface area contributed by atoms with Crippen LogP contribution in [0.1, 0.15) is 39.4 Å². The fourth-order valence-corrected chi connectivity index (χ4v) is 5.11. The van der Waals surface area contributed by atoms with E-state index >= 15 is 0 Å². The number of aliphatic carboxylic acids is 1. The van der Waals surface area contributed by atoms with Crippen molar-refractivity contribution in [3.8, 4) is 28.7 Å². The second kappa shape index (κ2) is 10.8. The van der Waals surface area contributed by atoms with Gasteiger partial charge in [-0.3, -0.25) is 10.1 Å². The number of carboxylic acid groups (broad SMARTS) is 1. The Morgan fingerprint density at radius 2 is 1.84 bits per heavy atom. The molecule has 0 unspecified atom stereocenters. The van der Waals surface area contributed by atoms with E-state index in [4.69, 9.17) is 4.74 Å². The number of carbonyl (C=O) groups is 1. The van der Waals surface area contributed by atoms with Gasteiger partial charge in [0.15, 0.2) is 11.5 Å². The number of aromatic hydroxyl groups is 1. The van der Waals surface area contributed by atoms with Gasteiger partial charge in [-0.2, -0.15) is 5.26 Å². The van der Waals surface area contributed by atoms with E-state index in [1.165, 1.54) is 0 Å². The smallest absolute Gasteiger partial charge is 0.321 e. The summed E-state index contributed by atoms with van der Waals surface area (Å²) in [7, 11) is 0. The van der Waals surface area contributed by atoms with Crippen LogP contribution in [0.25, 0.3) is 11.1 Å². The van der Waals surface area contributed by atoms with Gasteiger partial charge >= 0.3 is 5.97 Å². The number of hydrogen-bond acceptors (Lipinski definition) is 5. The zero-order valence-corrected chi connectivity index (χ0v) is 21.0. The largest absolute Gasteiger partial charge is 0.504 e. The van der Waals surface area contributed by atoms with Crippen LogP contribution in [0.5, 0.6) is 11.5 Å². The molecule has 190 valence electrons. The number of hydrogen-bond donors (Lipinski definition) is 3. The Labute approximate surface area is 221 Å². The molecule has 5 rings (SSSR count). The fourth-order valence-electron chi connectivity index (χ4n) is 5.11. The summed E-state index contributed by atoms with van der Waals surface area (Å²) in [6, 6.07) is 28.1. The minimum absolute atomic E-state index is 0.0168. The molecular formula is C32H28N2O4. The molecule has 3 N–H and O–H groups in total. The lowest BCUT2D eigenvalue weighted by Gasteiger charge is -2.32. The highest BCUT2D eigenvalue weighted by Crippen LogP contribution is 2.38. The normalized spacial score (nSPS) is 16.3. The lowest BCUT2D eigenvalue weighted by molar-refractivity contribution is -0.139. The van der Waals surface area contributed by atoms with Crippen LogP contribution in [0.4, 0.5) is 0 Å². The van der Waals surface area contributed by atoms with E-state index in [0.29, 0.717) is 17.7 Å². The maximum absolute atomic E-state index is 11.8. The van der Waals surface area contributed by atoms with Gasteiger partial charge in [-0.05, 0) is 83.0 Å². The molecule has 0 spiro atoms. The number of fused-ring (bicyclic) bond motifs is 1. The van der Waals surface area contributed by atoms with Crippen LogP contribution in [0.2, 0.25) is 0 Å². The van der Waals surface area contributed by atoms with E-state index in [0.717, 1.165) is 38.9 Å². The first kappa shape index (κ1) is 25.1. The van der Waals surface area contributed by atoms with E-state index < -0.39 is 12.0 Å². The van der Waals surface area contributed by atoms with Gasteiger partial charge in [0.25, 0.3) is 0 Å². The van der Waals surface area contributed by atoms with Crippen LogP contribution in [-0.2, 0) is 24.2 Å². The molecule has 1 heterocycles. The molecule has 6 nitrogen and oxygen atoms in total. The number of phenols is 1. The summed E-state index contributed by atoms with van der Waals surface area (Å²) in [6.07, 6.45) is 0.750. The van der Waals surface area contributed by atoms with E-state index in [-0.39, 0.29) is 24.8 Å². The molecule has 0 fully saturated rings. The van der Waals surface area contributed by atoms with E-state index in [1.807, 2.05) is 54.6 Å². The van der Waals surface area contributed by atoms with Gasteiger partial charge in [0.05, 0.1) is 11.6 Å². The number of ether oxygens (including phenoxy) is 1. The third kappa shape index (κ3) is 5.24. The van der Waals surface area contributed by atoms with Crippen LogP contribution < -0.4 is 10.1 Å². The van der Waals surface area contributed by atoms with Crippen molar-refractivity contribution in [1.29, 1.82) is 5.26 Å². The van der Waals surface area contributed by atoms with Crippen molar-refractivity contribution >= 4 is 5.97 Å². The summed E-state index contributed by atoms with van der Waals surface area (Å²) in [5.41, 5.74) is 7.50. The highest BCUT2D eigenvalue weighted by molar-refractivity contribution is 5.75. The molecule has 2 atom stereocenters. The Balaban J connectivity index is 1.43. The van der Waals surface area contributed by atoms with E-state index in [1.54, 1.807) is 12.1 Å². The van der Waals surface area contributed by atoms with Gasteiger partial charge in [0.2, 0.25) is 0 Å². The summed E-state index contributed by atoms with van der Waals surface area (Å²) in [6.45, 7) is 2.34. The topological polar surface area (TPSA) is 103 Å². The van der Waals surface area contributed by atoms with E-state index in [2.05, 4.69) is 36.5 Å². The van der Waals surface area contributed by atoms with Crippen LogP contribution in [0, 0.1) is 18.3 Å². The van der Waals surface area contributed by atoms with Gasteiger partial charge in [-0.1, -0.05) is 60.7 Å². The molecule has 1 aliphatic heterocycles. The fraction of sp³-hybridized carbons (Fsp3) is 0.188. The number of rotatable bonds is 7. The van der Waals surface area contributed by atoms with Crippen molar-refractivity contribution in [2.24, 2.45) is 0 Å². The molecule has 0 aliphatic carbocycles. The minimum atomic E-state index is -0.944. The molecule has 0 amide bonds. The SMILES string of the molecule is Cc1c(COc2cc3c(cc2O)C[C@@H](C(=O)O)N[C@H]3Cc2cccc(C#N)c2)cccc1-c1ccccc1. The number of phenolic OH excluding ortho intramolecular Hbond substituents is 1. The molecule has 0 saturated heterocycles. The summed E-state index contributed by atoms with van der Waals surface area (Å²) in [5, 5.41) is 33.0. The molecular weight excluding hydrogens is 476 g/mol. The molecule has 4 aromatic rings. The number of nitrogens with zero attached hydrogens (tertiary/aromatic N) is 1. The third-order valence-corrected chi connectivity index (χ3v) is 7.13. The van der Waals surface area contributed by atoms with Crippen LogP contribution in [-0.4, -0.2) is 22.2 Å². The monoisotopic (exact) mass is 504 g/mol. The third-order valence-electron chi connectivity index (χ3n) is 7.13. The molecule has 4 aromatic carbocycles. The Kier molecular flexibility index (Phi) is 7.12. The predicted molar refractivity (Wildman–Crippen MR) is 145 cm³/mol. The molecule has 0 aromatic heterocycles. The summed E-state index contributed by atoms with van der Waals surface area (Å²) in [4.78, 5) is 11.8. The van der Waals surface area contributed by atoms with Crippen molar-refractivity contribution in [3.63, 3.8) is 0 Å². The molecule has 1 aliphatic rings. The van der Waals surface area contributed by atoms with Crippen molar-refractivity contribution in [3.05, 3.63) is 118 Å². The average molecular weight is 505 g/mol. The first-order chi connectivity index (χ1) is 18.4. The highest BCUT2D eigenvalue weighted by atomic mass is 16.5. The van der Waals surface area contributed by atoms with Crippen LogP contribution >= 0.6 is 0 Å². The minimum Gasteiger partial charge on any atom is -0.504 e. The second-order valence-electron chi connectivity index (χ2n) is 9.59. The Bertz CT molecular complexity index is 1520. The zero-order chi connectivity index (χ0) is 26.6. The average Bonchev–Trinajstić information content (AvgIpc) is 2.93. The van der Waals surface area contributed by atoms with Crippen LogP contribution in [0.15, 0.2) is 84.9 Å². The number of nitrogens with one attached hydrogen (secondary N) is 1. The first-order valence-electron chi connectivity index (χ1n) is 12.5. The molecule has 38 heavy (non-hydrogen) atoms. The first-order valence-corrected chi connectivity index (χ1v) is 12.5. The molecule has 0 radical (unpaired) electrons. The lowest BCUT2D eigenvalue weighted by Crippen LogP contribution is -2.45. The summed E-state index contributed by atoms with van der Waals surface area (Å²) < 4.78 is 6.13. The Hall–Kier alpha value is -4.60. The van der Waals surface area contributed by atoms with Gasteiger partial charge < -0.3 is 14.9 Å². The van der Waals surface area contributed by atoms with Crippen molar-refractivity contribution < 1.29 is 19.7 Å². The molecule has 0 bridgehead atoms. The van der Waals surface area contributed by atoms with Gasteiger partial charge in [0, 0.05) is 6.04 Å². The van der Waals surface area contributed by atoms with E-state index in [9.17, 15) is 20.3 Å². The molecule has 0 saturated carbocycles. The number of carboxylic acids is 1. The maximum Gasteiger partial charge on any atom is 0.321 e. The van der Waals surface area contributed by atoms with Crippen LogP contribution in [0.3, 0.4) is 0 Å². The number of benzene rings is 4. The summed E-state index contributed by atoms with van der Waals surface area (Å²) in [5.74, 6) is -0.614. The lowest BCUT2D eigenvalue weighted by atomic mass is 9.86. The number of nitriles is 1. The predicted octanol–water partition coefficient (Wildman–Crippen LogP) is 5.70. The standard InChI is InChI=1S/C32H28N2O4/c1-20-24(11-6-12-26(20)23-9-3-2-4-10-23)19-38-31-17-27-25(16-30(31)35)15-29(32(36)37)34-28(27)14-21-7-5-8-22(13-21)18-33/h2-13,16-17,28-29,34-35H,14-15,19H2,1H3,(H,36,37)/t28-,29-/m0/s1. The van der Waals surface area contributed by atoms with Crippen molar-refractivity contribution in [2.45, 2.75) is 38.5 Å². The molecule has 6 heteroatoms. The van der Waals surface area contributed by atoms with Gasteiger partial charge in [-0.25, -0.2) is 0 Å².